The second-order valence-electron chi connectivity index (χ2n) is 8.31. The average molecular weight is 372 g/mol. The summed E-state index contributed by atoms with van der Waals surface area (Å²) in [5.41, 5.74) is 5.10. The van der Waals surface area contributed by atoms with Crippen molar-refractivity contribution in [3.63, 3.8) is 0 Å². The summed E-state index contributed by atoms with van der Waals surface area (Å²) in [5.74, 6) is -0.774. The fourth-order valence-electron chi connectivity index (χ4n) is 5.02. The summed E-state index contributed by atoms with van der Waals surface area (Å²) in [7, 11) is 0. The summed E-state index contributed by atoms with van der Waals surface area (Å²) >= 11 is 0. The molecule has 0 aromatic heterocycles. The van der Waals surface area contributed by atoms with Crippen LogP contribution in [0, 0.1) is 11.8 Å². The van der Waals surface area contributed by atoms with Crippen molar-refractivity contribution in [3.05, 3.63) is 71.8 Å². The Morgan fingerprint density at radius 1 is 0.786 bits per heavy atom. The lowest BCUT2D eigenvalue weighted by Crippen LogP contribution is -2.40. The van der Waals surface area contributed by atoms with Gasteiger partial charge in [-0.1, -0.05) is 48.6 Å². The van der Waals surface area contributed by atoms with Crippen molar-refractivity contribution in [2.24, 2.45) is 11.8 Å². The average Bonchev–Trinajstić information content (AvgIpc) is 3.05. The lowest BCUT2D eigenvalue weighted by Gasteiger charge is -2.24. The lowest BCUT2D eigenvalue weighted by atomic mass is 10.1. The van der Waals surface area contributed by atoms with Crippen LogP contribution in [0.25, 0.3) is 0 Å². The third kappa shape index (κ3) is 2.37. The van der Waals surface area contributed by atoms with Crippen LogP contribution in [0.2, 0.25) is 0 Å². The molecule has 0 saturated heterocycles. The summed E-state index contributed by atoms with van der Waals surface area (Å²) in [4.78, 5) is 30.4. The van der Waals surface area contributed by atoms with Crippen molar-refractivity contribution in [1.82, 2.24) is 0 Å². The first-order valence-electron chi connectivity index (χ1n) is 9.99. The molecule has 0 bridgehead atoms. The summed E-state index contributed by atoms with van der Waals surface area (Å²) < 4.78 is 0. The normalized spacial score (nSPS) is 27.6. The van der Waals surface area contributed by atoms with Crippen molar-refractivity contribution in [2.75, 3.05) is 9.80 Å². The van der Waals surface area contributed by atoms with E-state index in [1.54, 1.807) is 0 Å². The van der Waals surface area contributed by atoms with Gasteiger partial charge >= 0.3 is 0 Å². The van der Waals surface area contributed by atoms with Crippen LogP contribution >= 0.6 is 0 Å². The zero-order valence-corrected chi connectivity index (χ0v) is 16.3. The number of carbonyl (C=O) groups excluding carboxylic acids is 2. The van der Waals surface area contributed by atoms with Crippen molar-refractivity contribution in [2.45, 2.75) is 38.8 Å². The molecule has 2 heterocycles. The quantitative estimate of drug-likeness (QED) is 0.754. The van der Waals surface area contributed by atoms with Gasteiger partial charge in [-0.05, 0) is 49.9 Å². The van der Waals surface area contributed by atoms with Gasteiger partial charge in [-0.15, -0.1) is 0 Å². The van der Waals surface area contributed by atoms with Crippen molar-refractivity contribution in [1.29, 1.82) is 0 Å². The fourth-order valence-corrected chi connectivity index (χ4v) is 5.02. The number of benzene rings is 2. The number of hydrogen-bond acceptors (Lipinski definition) is 2. The van der Waals surface area contributed by atoms with E-state index in [4.69, 9.17) is 0 Å². The summed E-state index contributed by atoms with van der Waals surface area (Å²) in [6, 6.07) is 16.3. The molecule has 3 aliphatic rings. The molecular formula is C24H24N2O2. The third-order valence-corrected chi connectivity index (χ3v) is 6.44. The Morgan fingerprint density at radius 3 is 1.61 bits per heavy atom. The molecular weight excluding hydrogens is 348 g/mol. The van der Waals surface area contributed by atoms with Crippen LogP contribution in [0.4, 0.5) is 11.4 Å². The molecule has 4 atom stereocenters. The number of rotatable bonds is 2. The van der Waals surface area contributed by atoms with Gasteiger partial charge in [0.15, 0.2) is 0 Å². The Labute approximate surface area is 165 Å². The molecule has 0 radical (unpaired) electrons. The Morgan fingerprint density at radius 2 is 1.18 bits per heavy atom. The SMILES string of the molecule is C=C1C(C(=O)N2c3ccccc3CC2C)C1C(=O)N1c2ccccc2CC1C. The highest BCUT2D eigenvalue weighted by atomic mass is 16.2. The predicted octanol–water partition coefficient (Wildman–Crippen LogP) is 3.74. The van der Waals surface area contributed by atoms with Gasteiger partial charge in [0, 0.05) is 23.5 Å². The van der Waals surface area contributed by atoms with E-state index in [1.165, 1.54) is 11.1 Å². The van der Waals surface area contributed by atoms with Crippen LogP contribution in [0.15, 0.2) is 60.7 Å². The van der Waals surface area contributed by atoms with Crippen LogP contribution in [-0.2, 0) is 22.4 Å². The largest absolute Gasteiger partial charge is 0.308 e. The first-order chi connectivity index (χ1) is 13.5. The molecule has 2 aromatic rings. The Hall–Kier alpha value is -2.88. The molecule has 0 N–H and O–H groups in total. The summed E-state index contributed by atoms with van der Waals surface area (Å²) in [5, 5.41) is 0. The maximum absolute atomic E-state index is 13.3. The standard InChI is InChI=1S/C24H24N2O2/c1-14-12-17-8-4-6-10-19(17)25(14)23(27)21-16(3)22(21)24(28)26-15(2)13-18-9-5-7-11-20(18)26/h4-11,14-15,21-22H,3,12-13H2,1-2H3. The number of fused-ring (bicyclic) bond motifs is 2. The molecule has 4 heteroatoms. The molecule has 2 amide bonds. The minimum absolute atomic E-state index is 0.0148. The number of carbonyl (C=O) groups is 2. The van der Waals surface area contributed by atoms with Gasteiger partial charge in [0.05, 0.1) is 11.8 Å². The molecule has 2 aromatic carbocycles. The van der Waals surface area contributed by atoms with E-state index in [0.29, 0.717) is 0 Å². The molecule has 4 unspecified atom stereocenters. The molecule has 1 saturated carbocycles. The van der Waals surface area contributed by atoms with Crippen molar-refractivity contribution >= 4 is 23.2 Å². The lowest BCUT2D eigenvalue weighted by molar-refractivity contribution is -0.124. The Bertz CT molecular complexity index is 932. The summed E-state index contributed by atoms with van der Waals surface area (Å²) in [6.45, 7) is 8.22. The number of nitrogens with zero attached hydrogens (tertiary/aromatic N) is 2. The maximum atomic E-state index is 13.3. The van der Waals surface area contributed by atoms with Crippen molar-refractivity contribution in [3.8, 4) is 0 Å². The second kappa shape index (κ2) is 6.06. The monoisotopic (exact) mass is 372 g/mol. The number of anilines is 2. The minimum atomic E-state index is -0.402. The number of para-hydroxylation sites is 2. The van der Waals surface area contributed by atoms with Gasteiger partial charge in [-0.2, -0.15) is 0 Å². The van der Waals surface area contributed by atoms with Gasteiger partial charge in [0.2, 0.25) is 11.8 Å². The minimum Gasteiger partial charge on any atom is -0.308 e. The molecule has 1 aliphatic carbocycles. The van der Waals surface area contributed by atoms with Crippen LogP contribution in [-0.4, -0.2) is 23.9 Å². The zero-order chi connectivity index (χ0) is 19.6. The molecule has 5 rings (SSSR count). The zero-order valence-electron chi connectivity index (χ0n) is 16.3. The highest BCUT2D eigenvalue weighted by Gasteiger charge is 2.57. The van der Waals surface area contributed by atoms with Gasteiger partial charge < -0.3 is 9.80 Å². The molecule has 4 nitrogen and oxygen atoms in total. The molecule has 28 heavy (non-hydrogen) atoms. The van der Waals surface area contributed by atoms with Gasteiger partial charge in [-0.3, -0.25) is 9.59 Å². The van der Waals surface area contributed by atoms with Crippen molar-refractivity contribution < 1.29 is 9.59 Å². The number of hydrogen-bond donors (Lipinski definition) is 0. The number of amides is 2. The third-order valence-electron chi connectivity index (χ3n) is 6.44. The smallest absolute Gasteiger partial charge is 0.235 e. The first-order valence-corrected chi connectivity index (χ1v) is 9.99. The Balaban J connectivity index is 1.40. The second-order valence-corrected chi connectivity index (χ2v) is 8.31. The van der Waals surface area contributed by atoms with E-state index in [2.05, 4.69) is 32.6 Å². The van der Waals surface area contributed by atoms with E-state index in [1.807, 2.05) is 46.2 Å². The highest BCUT2D eigenvalue weighted by molar-refractivity contribution is 6.11. The van der Waals surface area contributed by atoms with E-state index in [9.17, 15) is 9.59 Å². The maximum Gasteiger partial charge on any atom is 0.235 e. The summed E-state index contributed by atoms with van der Waals surface area (Å²) in [6.07, 6.45) is 1.71. The predicted molar refractivity (Wildman–Crippen MR) is 110 cm³/mol. The molecule has 1 fully saturated rings. The van der Waals surface area contributed by atoms with Crippen LogP contribution < -0.4 is 9.80 Å². The van der Waals surface area contributed by atoms with Crippen LogP contribution in [0.1, 0.15) is 25.0 Å². The fraction of sp³-hybridized carbons (Fsp3) is 0.333. The van der Waals surface area contributed by atoms with Gasteiger partial charge in [-0.25, -0.2) is 0 Å². The Kier molecular flexibility index (Phi) is 3.73. The van der Waals surface area contributed by atoms with E-state index in [-0.39, 0.29) is 23.9 Å². The molecule has 0 spiro atoms. The van der Waals surface area contributed by atoms with Gasteiger partial charge in [0.1, 0.15) is 0 Å². The molecule has 2 aliphatic heterocycles. The van der Waals surface area contributed by atoms with E-state index in [0.717, 1.165) is 29.8 Å². The highest BCUT2D eigenvalue weighted by Crippen LogP contribution is 2.50. The van der Waals surface area contributed by atoms with E-state index >= 15 is 0 Å². The first kappa shape index (κ1) is 17.2. The van der Waals surface area contributed by atoms with Crippen LogP contribution in [0.3, 0.4) is 0 Å². The van der Waals surface area contributed by atoms with Crippen LogP contribution in [0.5, 0.6) is 0 Å². The van der Waals surface area contributed by atoms with E-state index < -0.39 is 11.8 Å². The topological polar surface area (TPSA) is 40.6 Å². The van der Waals surface area contributed by atoms with Gasteiger partial charge in [0.25, 0.3) is 0 Å². The molecule has 142 valence electrons.